The van der Waals surface area contributed by atoms with Gasteiger partial charge in [-0.15, -0.1) is 0 Å². The van der Waals surface area contributed by atoms with Gasteiger partial charge in [-0.1, -0.05) is 18.2 Å². The smallest absolute Gasteiger partial charge is 0.252 e. The number of thiol groups is 1. The van der Waals surface area contributed by atoms with E-state index in [9.17, 15) is 4.79 Å². The fourth-order valence-corrected chi connectivity index (χ4v) is 1.97. The fourth-order valence-electron chi connectivity index (χ4n) is 1.72. The largest absolute Gasteiger partial charge is 0.494 e. The van der Waals surface area contributed by atoms with Crippen molar-refractivity contribution in [2.75, 3.05) is 6.61 Å². The molecule has 0 amide bonds. The van der Waals surface area contributed by atoms with Gasteiger partial charge < -0.3 is 9.72 Å². The third-order valence-electron chi connectivity index (χ3n) is 2.62. The third-order valence-corrected chi connectivity index (χ3v) is 2.96. The van der Waals surface area contributed by atoms with Crippen LogP contribution >= 0.6 is 12.6 Å². The molecule has 1 aromatic carbocycles. The minimum atomic E-state index is -0.0932. The second-order valence-corrected chi connectivity index (χ2v) is 4.16. The molecule has 1 aromatic heterocycles. The van der Waals surface area contributed by atoms with E-state index in [0.29, 0.717) is 17.9 Å². The Hall–Kier alpha value is -1.68. The summed E-state index contributed by atoms with van der Waals surface area (Å²) < 4.78 is 5.44. The molecule has 94 valence electrons. The summed E-state index contributed by atoms with van der Waals surface area (Å²) in [4.78, 5) is 14.6. The van der Waals surface area contributed by atoms with Crippen molar-refractivity contribution in [3.8, 4) is 17.0 Å². The minimum Gasteiger partial charge on any atom is -0.494 e. The summed E-state index contributed by atoms with van der Waals surface area (Å²) in [5.74, 6) is 1.24. The molecular formula is C14H15NO2S. The number of ether oxygens (including phenoxy) is 1. The number of rotatable bonds is 4. The Morgan fingerprint density at radius 1 is 1.28 bits per heavy atom. The zero-order chi connectivity index (χ0) is 13.0. The van der Waals surface area contributed by atoms with Crippen LogP contribution in [-0.2, 0) is 5.75 Å². The summed E-state index contributed by atoms with van der Waals surface area (Å²) >= 11 is 4.11. The summed E-state index contributed by atoms with van der Waals surface area (Å²) in [6.07, 6.45) is 0. The van der Waals surface area contributed by atoms with Crippen LogP contribution in [0.4, 0.5) is 0 Å². The van der Waals surface area contributed by atoms with Gasteiger partial charge in [0.25, 0.3) is 5.56 Å². The predicted molar refractivity (Wildman–Crippen MR) is 76.4 cm³/mol. The van der Waals surface area contributed by atoms with Crippen LogP contribution in [0.5, 0.6) is 5.75 Å². The van der Waals surface area contributed by atoms with Gasteiger partial charge in [-0.25, -0.2) is 0 Å². The number of pyridine rings is 1. The SMILES string of the molecule is CCOc1cccc(-c2ccc(CS)c(=O)[nH]2)c1. The number of nitrogens with one attached hydrogen (secondary N) is 1. The van der Waals surface area contributed by atoms with Crippen LogP contribution in [0, 0.1) is 0 Å². The number of hydrogen-bond donors (Lipinski definition) is 2. The van der Waals surface area contributed by atoms with E-state index in [1.807, 2.05) is 37.3 Å². The molecule has 0 unspecified atom stereocenters. The van der Waals surface area contributed by atoms with Crippen LogP contribution in [0.2, 0.25) is 0 Å². The molecule has 0 saturated heterocycles. The Morgan fingerprint density at radius 2 is 2.11 bits per heavy atom. The second kappa shape index (κ2) is 5.78. The van der Waals surface area contributed by atoms with Gasteiger partial charge in [0, 0.05) is 22.6 Å². The Bertz CT molecular complexity index is 592. The van der Waals surface area contributed by atoms with E-state index in [4.69, 9.17) is 4.74 Å². The van der Waals surface area contributed by atoms with Crippen molar-refractivity contribution in [2.45, 2.75) is 12.7 Å². The first-order chi connectivity index (χ1) is 8.74. The Labute approximate surface area is 111 Å². The highest BCUT2D eigenvalue weighted by molar-refractivity contribution is 7.79. The van der Waals surface area contributed by atoms with Gasteiger partial charge in [-0.3, -0.25) is 4.79 Å². The lowest BCUT2D eigenvalue weighted by Gasteiger charge is -2.06. The summed E-state index contributed by atoms with van der Waals surface area (Å²) in [5, 5.41) is 0. The molecule has 2 aromatic rings. The fraction of sp³-hybridized carbons (Fsp3) is 0.214. The maximum atomic E-state index is 11.7. The molecule has 0 radical (unpaired) electrons. The van der Waals surface area contributed by atoms with Crippen molar-refractivity contribution in [2.24, 2.45) is 0 Å². The predicted octanol–water partition coefficient (Wildman–Crippen LogP) is 2.87. The van der Waals surface area contributed by atoms with Crippen molar-refractivity contribution in [3.05, 3.63) is 52.3 Å². The summed E-state index contributed by atoms with van der Waals surface area (Å²) in [7, 11) is 0. The monoisotopic (exact) mass is 261 g/mol. The van der Waals surface area contributed by atoms with E-state index in [1.165, 1.54) is 0 Å². The standard InChI is InChI=1S/C14H15NO2S/c1-2-17-12-5-3-4-10(8-12)13-7-6-11(9-18)14(16)15-13/h3-8,18H,2,9H2,1H3,(H,15,16). The van der Waals surface area contributed by atoms with Crippen molar-refractivity contribution in [1.82, 2.24) is 4.98 Å². The highest BCUT2D eigenvalue weighted by atomic mass is 32.1. The van der Waals surface area contributed by atoms with Crippen LogP contribution in [0.25, 0.3) is 11.3 Å². The van der Waals surface area contributed by atoms with E-state index >= 15 is 0 Å². The van der Waals surface area contributed by atoms with Crippen molar-refractivity contribution < 1.29 is 4.74 Å². The maximum Gasteiger partial charge on any atom is 0.252 e. The Morgan fingerprint density at radius 3 is 2.78 bits per heavy atom. The topological polar surface area (TPSA) is 42.1 Å². The molecule has 2 rings (SSSR count). The highest BCUT2D eigenvalue weighted by Crippen LogP contribution is 2.21. The Balaban J connectivity index is 2.39. The molecule has 0 aliphatic carbocycles. The molecule has 0 fully saturated rings. The van der Waals surface area contributed by atoms with Gasteiger partial charge in [0.15, 0.2) is 0 Å². The van der Waals surface area contributed by atoms with Crippen LogP contribution in [-0.4, -0.2) is 11.6 Å². The van der Waals surface area contributed by atoms with E-state index in [-0.39, 0.29) is 5.56 Å². The lowest BCUT2D eigenvalue weighted by molar-refractivity contribution is 0.340. The number of hydrogen-bond acceptors (Lipinski definition) is 3. The minimum absolute atomic E-state index is 0.0932. The lowest BCUT2D eigenvalue weighted by Crippen LogP contribution is -2.11. The van der Waals surface area contributed by atoms with Gasteiger partial charge in [0.05, 0.1) is 6.61 Å². The molecule has 0 aliphatic rings. The van der Waals surface area contributed by atoms with Gasteiger partial charge >= 0.3 is 0 Å². The number of aromatic amines is 1. The quantitative estimate of drug-likeness (QED) is 0.831. The second-order valence-electron chi connectivity index (χ2n) is 3.85. The summed E-state index contributed by atoms with van der Waals surface area (Å²) in [6.45, 7) is 2.56. The molecule has 0 aliphatic heterocycles. The van der Waals surface area contributed by atoms with E-state index < -0.39 is 0 Å². The van der Waals surface area contributed by atoms with E-state index in [1.54, 1.807) is 6.07 Å². The molecule has 0 spiro atoms. The molecule has 1 N–H and O–H groups in total. The summed E-state index contributed by atoms with van der Waals surface area (Å²) in [5.41, 5.74) is 2.29. The molecule has 1 heterocycles. The average molecular weight is 261 g/mol. The Kier molecular flexibility index (Phi) is 4.10. The van der Waals surface area contributed by atoms with Crippen LogP contribution < -0.4 is 10.3 Å². The van der Waals surface area contributed by atoms with Crippen LogP contribution in [0.15, 0.2) is 41.2 Å². The first-order valence-corrected chi connectivity index (χ1v) is 6.44. The van der Waals surface area contributed by atoms with Crippen LogP contribution in [0.3, 0.4) is 0 Å². The van der Waals surface area contributed by atoms with Crippen molar-refractivity contribution in [3.63, 3.8) is 0 Å². The molecule has 0 bridgehead atoms. The summed E-state index contributed by atoms with van der Waals surface area (Å²) in [6, 6.07) is 11.3. The first-order valence-electron chi connectivity index (χ1n) is 5.81. The van der Waals surface area contributed by atoms with Gasteiger partial charge in [0.2, 0.25) is 0 Å². The zero-order valence-corrected chi connectivity index (χ0v) is 11.0. The maximum absolute atomic E-state index is 11.7. The van der Waals surface area contributed by atoms with Gasteiger partial charge in [-0.05, 0) is 25.1 Å². The molecular weight excluding hydrogens is 246 g/mol. The van der Waals surface area contributed by atoms with Crippen molar-refractivity contribution in [1.29, 1.82) is 0 Å². The first kappa shape index (κ1) is 12.8. The molecule has 3 nitrogen and oxygen atoms in total. The molecule has 18 heavy (non-hydrogen) atoms. The number of benzene rings is 1. The third kappa shape index (κ3) is 2.76. The van der Waals surface area contributed by atoms with E-state index in [2.05, 4.69) is 17.6 Å². The number of aromatic nitrogens is 1. The molecule has 0 saturated carbocycles. The van der Waals surface area contributed by atoms with Gasteiger partial charge in [-0.2, -0.15) is 12.6 Å². The molecule has 0 atom stereocenters. The zero-order valence-electron chi connectivity index (χ0n) is 10.1. The van der Waals surface area contributed by atoms with Crippen molar-refractivity contribution >= 4 is 12.6 Å². The normalized spacial score (nSPS) is 10.3. The molecule has 4 heteroatoms. The number of H-pyrrole nitrogens is 1. The highest BCUT2D eigenvalue weighted by Gasteiger charge is 2.03. The lowest BCUT2D eigenvalue weighted by atomic mass is 10.1. The van der Waals surface area contributed by atoms with Gasteiger partial charge in [0.1, 0.15) is 5.75 Å². The van der Waals surface area contributed by atoms with Crippen LogP contribution in [0.1, 0.15) is 12.5 Å². The van der Waals surface area contributed by atoms with E-state index in [0.717, 1.165) is 17.0 Å². The average Bonchev–Trinajstić information content (AvgIpc) is 2.39.